The Kier molecular flexibility index (Phi) is 5.46. The Morgan fingerprint density at radius 1 is 1.39 bits per heavy atom. The maximum Gasteiger partial charge on any atom is 0.273 e. The van der Waals surface area contributed by atoms with Crippen molar-refractivity contribution in [1.29, 1.82) is 0 Å². The van der Waals surface area contributed by atoms with Crippen LogP contribution in [0.15, 0.2) is 35.0 Å². The smallest absolute Gasteiger partial charge is 0.273 e. The van der Waals surface area contributed by atoms with Crippen molar-refractivity contribution in [2.75, 3.05) is 20.6 Å². The van der Waals surface area contributed by atoms with Gasteiger partial charge in [-0.25, -0.2) is 0 Å². The number of benzene rings is 1. The van der Waals surface area contributed by atoms with Gasteiger partial charge in [0.1, 0.15) is 0 Å². The van der Waals surface area contributed by atoms with Gasteiger partial charge in [-0.15, -0.1) is 0 Å². The molecule has 0 saturated carbocycles. The Labute approximate surface area is 138 Å². The average molecular weight is 333 g/mol. The number of thiophene rings is 1. The normalized spacial score (nSPS) is 12.2. The number of nitro benzene ring substituents is 1. The first kappa shape index (κ1) is 17.1. The number of carbonyl (C=O) groups is 1. The van der Waals surface area contributed by atoms with Gasteiger partial charge >= 0.3 is 0 Å². The van der Waals surface area contributed by atoms with Crippen LogP contribution in [0.1, 0.15) is 27.5 Å². The van der Waals surface area contributed by atoms with Crippen LogP contribution >= 0.6 is 11.3 Å². The zero-order chi connectivity index (χ0) is 17.0. The first-order valence-electron chi connectivity index (χ1n) is 7.12. The number of nitrogens with one attached hydrogen (secondary N) is 1. The van der Waals surface area contributed by atoms with E-state index < -0.39 is 4.92 Å². The Hall–Kier alpha value is -2.25. The summed E-state index contributed by atoms with van der Waals surface area (Å²) in [5.74, 6) is -0.298. The zero-order valence-corrected chi connectivity index (χ0v) is 14.1. The summed E-state index contributed by atoms with van der Waals surface area (Å²) in [5, 5.41) is 17.9. The highest BCUT2D eigenvalue weighted by molar-refractivity contribution is 7.07. The summed E-state index contributed by atoms with van der Waals surface area (Å²) >= 11 is 1.61. The molecule has 1 N–H and O–H groups in total. The van der Waals surface area contributed by atoms with E-state index in [9.17, 15) is 14.9 Å². The quantitative estimate of drug-likeness (QED) is 0.651. The fourth-order valence-corrected chi connectivity index (χ4v) is 3.12. The summed E-state index contributed by atoms with van der Waals surface area (Å²) in [6.07, 6.45) is 0. The van der Waals surface area contributed by atoms with Gasteiger partial charge in [0.05, 0.1) is 11.0 Å². The van der Waals surface area contributed by atoms with Gasteiger partial charge < -0.3 is 10.2 Å². The predicted molar refractivity (Wildman–Crippen MR) is 90.9 cm³/mol. The molecule has 122 valence electrons. The van der Waals surface area contributed by atoms with Gasteiger partial charge in [-0.3, -0.25) is 14.9 Å². The molecule has 0 aliphatic heterocycles. The minimum absolute atomic E-state index is 0.0420. The zero-order valence-electron chi connectivity index (χ0n) is 13.3. The van der Waals surface area contributed by atoms with Crippen molar-refractivity contribution in [2.24, 2.45) is 0 Å². The van der Waals surface area contributed by atoms with Gasteiger partial charge in [-0.1, -0.05) is 6.07 Å². The maximum absolute atomic E-state index is 12.4. The molecule has 7 heteroatoms. The van der Waals surface area contributed by atoms with Crippen LogP contribution < -0.4 is 5.32 Å². The van der Waals surface area contributed by atoms with Crippen molar-refractivity contribution in [3.63, 3.8) is 0 Å². The summed E-state index contributed by atoms with van der Waals surface area (Å²) in [6, 6.07) is 6.62. The molecule has 6 nitrogen and oxygen atoms in total. The third kappa shape index (κ3) is 3.94. The van der Waals surface area contributed by atoms with Crippen LogP contribution in [0.2, 0.25) is 0 Å². The molecule has 0 radical (unpaired) electrons. The summed E-state index contributed by atoms with van der Waals surface area (Å²) in [4.78, 5) is 24.9. The topological polar surface area (TPSA) is 75.5 Å². The van der Waals surface area contributed by atoms with Crippen LogP contribution in [0.3, 0.4) is 0 Å². The Morgan fingerprint density at radius 3 is 2.70 bits per heavy atom. The van der Waals surface area contributed by atoms with E-state index in [1.165, 1.54) is 12.1 Å². The highest BCUT2D eigenvalue weighted by Gasteiger charge is 2.20. The molecule has 1 atom stereocenters. The van der Waals surface area contributed by atoms with Gasteiger partial charge in [0.15, 0.2) is 0 Å². The number of likely N-dealkylation sites (N-methyl/N-ethyl adjacent to an activating group) is 1. The van der Waals surface area contributed by atoms with Crippen LogP contribution in [-0.4, -0.2) is 36.4 Å². The van der Waals surface area contributed by atoms with E-state index in [1.54, 1.807) is 24.3 Å². The molecule has 0 fully saturated rings. The second kappa shape index (κ2) is 7.34. The number of carbonyl (C=O) groups excluding carboxylic acids is 1. The van der Waals surface area contributed by atoms with Gasteiger partial charge in [-0.2, -0.15) is 11.3 Å². The minimum atomic E-state index is -0.472. The number of nitro groups is 1. The lowest BCUT2D eigenvalue weighted by Gasteiger charge is -2.24. The molecule has 23 heavy (non-hydrogen) atoms. The van der Waals surface area contributed by atoms with E-state index in [1.807, 2.05) is 30.4 Å². The molecule has 1 heterocycles. The van der Waals surface area contributed by atoms with Gasteiger partial charge in [0, 0.05) is 23.7 Å². The molecular weight excluding hydrogens is 314 g/mol. The molecule has 0 saturated heterocycles. The molecular formula is C16H19N3O3S. The fraction of sp³-hybridized carbons (Fsp3) is 0.312. The second-order valence-corrected chi connectivity index (χ2v) is 6.23. The molecule has 0 aliphatic rings. The summed E-state index contributed by atoms with van der Waals surface area (Å²) in [7, 11) is 3.90. The number of hydrogen-bond acceptors (Lipinski definition) is 5. The summed E-state index contributed by atoms with van der Waals surface area (Å²) in [6.45, 7) is 2.03. The number of rotatable bonds is 6. The molecule has 1 amide bonds. The van der Waals surface area contributed by atoms with Crippen molar-refractivity contribution < 1.29 is 9.72 Å². The van der Waals surface area contributed by atoms with Crippen LogP contribution in [0, 0.1) is 17.0 Å². The largest absolute Gasteiger partial charge is 0.350 e. The van der Waals surface area contributed by atoms with E-state index in [4.69, 9.17) is 0 Å². The van der Waals surface area contributed by atoms with E-state index in [0.29, 0.717) is 17.7 Å². The molecule has 0 bridgehead atoms. The summed E-state index contributed by atoms with van der Waals surface area (Å²) < 4.78 is 0. The summed E-state index contributed by atoms with van der Waals surface area (Å²) in [5.41, 5.74) is 1.81. The lowest BCUT2D eigenvalue weighted by atomic mass is 10.1. The van der Waals surface area contributed by atoms with Crippen molar-refractivity contribution in [3.8, 4) is 0 Å². The third-order valence-electron chi connectivity index (χ3n) is 3.75. The van der Waals surface area contributed by atoms with E-state index in [-0.39, 0.29) is 17.6 Å². The van der Waals surface area contributed by atoms with Crippen molar-refractivity contribution in [3.05, 3.63) is 61.8 Å². The fourth-order valence-electron chi connectivity index (χ4n) is 2.41. The molecule has 0 unspecified atom stereocenters. The molecule has 1 aromatic carbocycles. The van der Waals surface area contributed by atoms with Crippen LogP contribution in [0.4, 0.5) is 5.69 Å². The first-order chi connectivity index (χ1) is 10.9. The van der Waals surface area contributed by atoms with Gasteiger partial charge in [0.2, 0.25) is 0 Å². The van der Waals surface area contributed by atoms with Gasteiger partial charge in [0.25, 0.3) is 11.6 Å². The highest BCUT2D eigenvalue weighted by Crippen LogP contribution is 2.22. The monoisotopic (exact) mass is 333 g/mol. The second-order valence-electron chi connectivity index (χ2n) is 5.45. The van der Waals surface area contributed by atoms with Crippen LogP contribution in [0.25, 0.3) is 0 Å². The Morgan fingerprint density at radius 2 is 2.13 bits per heavy atom. The Balaban J connectivity index is 2.13. The number of amides is 1. The third-order valence-corrected chi connectivity index (χ3v) is 4.46. The average Bonchev–Trinajstić information content (AvgIpc) is 3.00. The standard InChI is InChI=1S/C16H19N3O3S/c1-11-13(5-4-6-14(11)19(21)22)16(20)17-9-15(18(2)3)12-7-8-23-10-12/h4-8,10,15H,9H2,1-3H3,(H,17,20)/t15-/m0/s1. The molecule has 2 aromatic rings. The minimum Gasteiger partial charge on any atom is -0.350 e. The lowest BCUT2D eigenvalue weighted by Crippen LogP contribution is -2.34. The maximum atomic E-state index is 12.4. The number of hydrogen-bond donors (Lipinski definition) is 1. The van der Waals surface area contributed by atoms with Crippen LogP contribution in [-0.2, 0) is 0 Å². The van der Waals surface area contributed by atoms with Crippen molar-refractivity contribution in [2.45, 2.75) is 13.0 Å². The van der Waals surface area contributed by atoms with E-state index >= 15 is 0 Å². The highest BCUT2D eigenvalue weighted by atomic mass is 32.1. The van der Waals surface area contributed by atoms with E-state index in [0.717, 1.165) is 5.56 Å². The molecule has 1 aromatic heterocycles. The first-order valence-corrected chi connectivity index (χ1v) is 8.06. The van der Waals surface area contributed by atoms with E-state index in [2.05, 4.69) is 10.7 Å². The molecule has 0 aliphatic carbocycles. The lowest BCUT2D eigenvalue weighted by molar-refractivity contribution is -0.385. The SMILES string of the molecule is Cc1c(C(=O)NC[C@@H](c2ccsc2)N(C)C)cccc1[N+](=O)[O-]. The Bertz CT molecular complexity index is 699. The molecule has 2 rings (SSSR count). The number of nitrogens with zero attached hydrogens (tertiary/aromatic N) is 2. The predicted octanol–water partition coefficient (Wildman–Crippen LogP) is 3.00. The van der Waals surface area contributed by atoms with Crippen LogP contribution in [0.5, 0.6) is 0 Å². The van der Waals surface area contributed by atoms with Gasteiger partial charge in [-0.05, 0) is 49.5 Å². The van der Waals surface area contributed by atoms with Crippen molar-refractivity contribution >= 4 is 22.9 Å². The van der Waals surface area contributed by atoms with Crippen molar-refractivity contribution in [1.82, 2.24) is 10.2 Å². The molecule has 0 spiro atoms.